The zero-order chi connectivity index (χ0) is 18.7. The van der Waals surface area contributed by atoms with Crippen LogP contribution in [-0.2, 0) is 26.1 Å². The topological polar surface area (TPSA) is 97.7 Å². The van der Waals surface area contributed by atoms with Crippen molar-refractivity contribution in [3.8, 4) is 0 Å². The zero-order valence-corrected chi connectivity index (χ0v) is 15.8. The lowest BCUT2D eigenvalue weighted by Gasteiger charge is -2.26. The molecule has 2 heterocycles. The highest BCUT2D eigenvalue weighted by Crippen LogP contribution is 2.20. The second kappa shape index (κ2) is 7.70. The maximum absolute atomic E-state index is 12.7. The summed E-state index contributed by atoms with van der Waals surface area (Å²) in [6, 6.07) is 6.10. The van der Waals surface area contributed by atoms with E-state index in [0.29, 0.717) is 37.7 Å². The first kappa shape index (κ1) is 18.8. The summed E-state index contributed by atoms with van der Waals surface area (Å²) >= 11 is 1.03. The Kier molecular flexibility index (Phi) is 5.56. The molecule has 1 aromatic heterocycles. The predicted octanol–water partition coefficient (Wildman–Crippen LogP) is 0.878. The number of rotatable bonds is 5. The Morgan fingerprint density at radius 1 is 1.31 bits per heavy atom. The molecule has 0 aliphatic carbocycles. The van der Waals surface area contributed by atoms with Gasteiger partial charge in [-0.1, -0.05) is 17.4 Å². The van der Waals surface area contributed by atoms with Crippen LogP contribution in [0.4, 0.5) is 5.69 Å². The van der Waals surface area contributed by atoms with E-state index in [1.165, 1.54) is 21.0 Å². The number of hydrogen-bond donors (Lipinski definition) is 1. The molecular formula is C16H19N3O5S2. The Balaban J connectivity index is 1.75. The molecule has 0 radical (unpaired) electrons. The highest BCUT2D eigenvalue weighted by molar-refractivity contribution is 7.89. The van der Waals surface area contributed by atoms with E-state index in [2.05, 4.69) is 5.32 Å². The van der Waals surface area contributed by atoms with Gasteiger partial charge in [0.15, 0.2) is 0 Å². The zero-order valence-electron chi connectivity index (χ0n) is 14.2. The molecule has 0 unspecified atom stereocenters. The number of carbonyl (C=O) groups is 1. The van der Waals surface area contributed by atoms with Crippen molar-refractivity contribution >= 4 is 33.0 Å². The molecule has 1 aliphatic heterocycles. The van der Waals surface area contributed by atoms with E-state index in [4.69, 9.17) is 4.74 Å². The largest absolute Gasteiger partial charge is 0.379 e. The number of nitrogens with zero attached hydrogens (tertiary/aromatic N) is 2. The van der Waals surface area contributed by atoms with Crippen LogP contribution in [0.2, 0.25) is 0 Å². The number of thiazole rings is 1. The Morgan fingerprint density at radius 3 is 2.69 bits per heavy atom. The number of morpholine rings is 1. The van der Waals surface area contributed by atoms with Crippen LogP contribution in [0.3, 0.4) is 0 Å². The summed E-state index contributed by atoms with van der Waals surface area (Å²) in [5.74, 6) is -0.394. The van der Waals surface area contributed by atoms with Gasteiger partial charge < -0.3 is 10.1 Å². The summed E-state index contributed by atoms with van der Waals surface area (Å²) in [6.07, 6.45) is 0. The van der Waals surface area contributed by atoms with Gasteiger partial charge in [-0.15, -0.1) is 0 Å². The van der Waals surface area contributed by atoms with Crippen LogP contribution >= 0.6 is 11.3 Å². The van der Waals surface area contributed by atoms with Gasteiger partial charge in [0, 0.05) is 29.9 Å². The molecule has 1 saturated heterocycles. The first-order valence-corrected chi connectivity index (χ1v) is 10.3. The Hall–Kier alpha value is -2.01. The van der Waals surface area contributed by atoms with Crippen molar-refractivity contribution in [1.29, 1.82) is 0 Å². The second-order valence-electron chi connectivity index (χ2n) is 5.82. The quantitative estimate of drug-likeness (QED) is 0.808. The molecule has 10 heteroatoms. The summed E-state index contributed by atoms with van der Waals surface area (Å²) in [5.41, 5.74) is 1.07. The lowest BCUT2D eigenvalue weighted by Crippen LogP contribution is -2.40. The number of ether oxygens (including phenoxy) is 1. The molecule has 1 N–H and O–H groups in total. The molecule has 1 fully saturated rings. The van der Waals surface area contributed by atoms with E-state index < -0.39 is 15.9 Å². The van der Waals surface area contributed by atoms with E-state index in [-0.39, 0.29) is 16.3 Å². The molecule has 0 bridgehead atoms. The fourth-order valence-corrected chi connectivity index (χ4v) is 4.80. The average Bonchev–Trinajstić information content (AvgIpc) is 2.94. The van der Waals surface area contributed by atoms with Crippen molar-refractivity contribution in [3.05, 3.63) is 45.0 Å². The minimum Gasteiger partial charge on any atom is -0.379 e. The first-order valence-electron chi connectivity index (χ1n) is 8.00. The van der Waals surface area contributed by atoms with Gasteiger partial charge in [-0.2, -0.15) is 4.31 Å². The number of amides is 1. The van der Waals surface area contributed by atoms with Crippen LogP contribution < -0.4 is 10.2 Å². The first-order chi connectivity index (χ1) is 12.4. The van der Waals surface area contributed by atoms with Crippen LogP contribution in [0.5, 0.6) is 0 Å². The standard InChI is InChI=1S/C16H19N3O5S2/c1-12-11-25-16(21)19(12)10-15(20)17-13-3-2-4-14(9-13)26(22,23)18-5-7-24-8-6-18/h2-4,9,11H,5-8,10H2,1H3,(H,17,20). The van der Waals surface area contributed by atoms with Crippen LogP contribution in [0, 0.1) is 6.92 Å². The molecule has 2 aromatic rings. The van der Waals surface area contributed by atoms with Crippen LogP contribution in [0.1, 0.15) is 5.69 Å². The maximum Gasteiger partial charge on any atom is 0.307 e. The number of nitrogens with one attached hydrogen (secondary N) is 1. The molecule has 0 atom stereocenters. The van der Waals surface area contributed by atoms with Crippen molar-refractivity contribution in [2.45, 2.75) is 18.4 Å². The van der Waals surface area contributed by atoms with E-state index in [1.54, 1.807) is 24.4 Å². The number of aryl methyl sites for hydroxylation is 1. The van der Waals surface area contributed by atoms with Gasteiger partial charge in [-0.3, -0.25) is 14.2 Å². The van der Waals surface area contributed by atoms with Crippen molar-refractivity contribution in [2.24, 2.45) is 0 Å². The summed E-state index contributed by atoms with van der Waals surface area (Å²) in [5, 5.41) is 4.33. The fourth-order valence-electron chi connectivity index (χ4n) is 2.61. The van der Waals surface area contributed by atoms with Crippen molar-refractivity contribution in [3.63, 3.8) is 0 Å². The molecule has 0 saturated carbocycles. The van der Waals surface area contributed by atoms with Crippen molar-refractivity contribution < 1.29 is 17.9 Å². The average molecular weight is 397 g/mol. The highest BCUT2D eigenvalue weighted by atomic mass is 32.2. The molecule has 3 rings (SSSR count). The number of carbonyl (C=O) groups excluding carboxylic acids is 1. The molecular weight excluding hydrogens is 378 g/mol. The van der Waals surface area contributed by atoms with Crippen LogP contribution in [0.15, 0.2) is 39.3 Å². The summed E-state index contributed by atoms with van der Waals surface area (Å²) in [7, 11) is -3.64. The van der Waals surface area contributed by atoms with Crippen molar-refractivity contribution in [1.82, 2.24) is 8.87 Å². The Labute approximate surface area is 155 Å². The molecule has 140 valence electrons. The summed E-state index contributed by atoms with van der Waals surface area (Å²) in [4.78, 5) is 23.8. The van der Waals surface area contributed by atoms with E-state index in [9.17, 15) is 18.0 Å². The molecule has 1 amide bonds. The Bertz CT molecular complexity index is 958. The highest BCUT2D eigenvalue weighted by Gasteiger charge is 2.26. The maximum atomic E-state index is 12.7. The third-order valence-electron chi connectivity index (χ3n) is 4.00. The number of benzene rings is 1. The van der Waals surface area contributed by atoms with Crippen molar-refractivity contribution in [2.75, 3.05) is 31.6 Å². The molecule has 26 heavy (non-hydrogen) atoms. The number of hydrogen-bond acceptors (Lipinski definition) is 6. The van der Waals surface area contributed by atoms with E-state index >= 15 is 0 Å². The van der Waals surface area contributed by atoms with Gasteiger partial charge >= 0.3 is 4.87 Å². The van der Waals surface area contributed by atoms with E-state index in [1.807, 2.05) is 0 Å². The normalized spacial score (nSPS) is 15.7. The van der Waals surface area contributed by atoms with Gasteiger partial charge in [-0.05, 0) is 25.1 Å². The molecule has 8 nitrogen and oxygen atoms in total. The summed E-state index contributed by atoms with van der Waals surface area (Å²) < 4.78 is 33.3. The smallest absolute Gasteiger partial charge is 0.307 e. The second-order valence-corrected chi connectivity index (χ2v) is 8.58. The fraction of sp³-hybridized carbons (Fsp3) is 0.375. The van der Waals surface area contributed by atoms with Gasteiger partial charge in [0.2, 0.25) is 15.9 Å². The van der Waals surface area contributed by atoms with Crippen LogP contribution in [-0.4, -0.2) is 49.5 Å². The number of aromatic nitrogens is 1. The SMILES string of the molecule is Cc1csc(=O)n1CC(=O)Nc1cccc(S(=O)(=O)N2CCOCC2)c1. The van der Waals surface area contributed by atoms with Gasteiger partial charge in [0.05, 0.1) is 18.1 Å². The lowest BCUT2D eigenvalue weighted by atomic mass is 10.3. The molecule has 1 aromatic carbocycles. The third-order valence-corrected chi connectivity index (χ3v) is 6.78. The lowest BCUT2D eigenvalue weighted by molar-refractivity contribution is -0.116. The third kappa shape index (κ3) is 4.04. The van der Waals surface area contributed by atoms with Gasteiger partial charge in [0.1, 0.15) is 6.54 Å². The summed E-state index contributed by atoms with van der Waals surface area (Å²) in [6.45, 7) is 2.97. The van der Waals surface area contributed by atoms with E-state index in [0.717, 1.165) is 11.3 Å². The molecule has 0 spiro atoms. The minimum absolute atomic E-state index is 0.112. The predicted molar refractivity (Wildman–Crippen MR) is 98.0 cm³/mol. The van der Waals surface area contributed by atoms with Gasteiger partial charge in [0.25, 0.3) is 0 Å². The Morgan fingerprint density at radius 2 is 2.04 bits per heavy atom. The molecule has 1 aliphatic rings. The number of sulfonamides is 1. The monoisotopic (exact) mass is 397 g/mol. The minimum atomic E-state index is -3.64. The van der Waals surface area contributed by atoms with Gasteiger partial charge in [-0.25, -0.2) is 8.42 Å². The number of anilines is 1. The van der Waals surface area contributed by atoms with Crippen LogP contribution in [0.25, 0.3) is 0 Å².